The molecule has 77 heavy (non-hydrogen) atoms. The normalized spacial score (nSPS) is 12.9. The van der Waals surface area contributed by atoms with Gasteiger partial charge in [-0.2, -0.15) is 17.6 Å². The zero-order valence-corrected chi connectivity index (χ0v) is 46.8. The van der Waals surface area contributed by atoms with Crippen LogP contribution in [0.4, 0.5) is 28.9 Å². The first-order valence-corrected chi connectivity index (χ1v) is 26.6. The summed E-state index contributed by atoms with van der Waals surface area (Å²) in [6.45, 7) is 0.754. The summed E-state index contributed by atoms with van der Waals surface area (Å²) in [5.41, 5.74) is 6.98. The molecular formula is C56H39Br2Cl5F4N8O2. The number of pyridine rings is 4. The smallest absolute Gasteiger partial charge is 0.259 e. The fourth-order valence-corrected chi connectivity index (χ4v) is 10.0. The largest absolute Gasteiger partial charge is 0.361 e. The van der Waals surface area contributed by atoms with Crippen LogP contribution in [0.5, 0.6) is 0 Å². The van der Waals surface area contributed by atoms with Crippen molar-refractivity contribution in [1.82, 2.24) is 29.5 Å². The Morgan fingerprint density at radius 3 is 1.61 bits per heavy atom. The Hall–Kier alpha value is -6.37. The molecule has 2 aliphatic rings. The third-order valence-corrected chi connectivity index (χ3v) is 14.6. The SMILES string of the molecule is Clc1ccc2[nH]ccc2c1.Fc1ncccc1CCl.Fc1ncccc1Cn1ccc2cc(Cl)ccc21.O=C1Cc2cc(Cl)ccc2N1Cc1cccnc1F.O=C1N(Cc2cccnc2F)c2ccc(Cl)cc2C1(Br)Br. The molecule has 0 atom stereocenters. The Morgan fingerprint density at radius 2 is 1.04 bits per heavy atom. The highest BCUT2D eigenvalue weighted by atomic mass is 79.9. The van der Waals surface area contributed by atoms with Crippen LogP contribution in [0, 0.1) is 23.8 Å². The molecule has 0 radical (unpaired) electrons. The molecule has 6 aromatic heterocycles. The molecule has 21 heteroatoms. The molecule has 2 amide bonds. The maximum Gasteiger partial charge on any atom is 0.259 e. The number of rotatable bonds is 7. The summed E-state index contributed by atoms with van der Waals surface area (Å²) in [5, 5.41) is 4.82. The number of carbonyl (C=O) groups is 2. The Morgan fingerprint density at radius 1 is 0.545 bits per heavy atom. The molecule has 4 aromatic carbocycles. The first-order valence-electron chi connectivity index (χ1n) is 23.0. The first kappa shape index (κ1) is 56.8. The van der Waals surface area contributed by atoms with Crippen LogP contribution in [-0.2, 0) is 44.8 Å². The minimum atomic E-state index is -1.04. The molecule has 8 heterocycles. The van der Waals surface area contributed by atoms with Gasteiger partial charge in [0.2, 0.25) is 29.7 Å². The van der Waals surface area contributed by atoms with E-state index >= 15 is 0 Å². The zero-order valence-electron chi connectivity index (χ0n) is 39.8. The number of carbonyl (C=O) groups excluding carboxylic acids is 2. The van der Waals surface area contributed by atoms with Crippen LogP contribution >= 0.6 is 89.9 Å². The third kappa shape index (κ3) is 14.0. The average Bonchev–Trinajstić information content (AvgIpc) is 4.29. The van der Waals surface area contributed by atoms with Crippen LogP contribution in [0.2, 0.25) is 20.1 Å². The van der Waals surface area contributed by atoms with Crippen LogP contribution in [-0.4, -0.2) is 41.3 Å². The molecule has 10 nitrogen and oxygen atoms in total. The number of H-pyrrole nitrogens is 1. The van der Waals surface area contributed by atoms with E-state index in [-0.39, 0.29) is 30.8 Å². The Labute approximate surface area is 480 Å². The number of anilines is 2. The molecule has 2 aliphatic heterocycles. The summed E-state index contributed by atoms with van der Waals surface area (Å²) in [6, 6.07) is 39.1. The summed E-state index contributed by atoms with van der Waals surface area (Å²) in [4.78, 5) is 44.9. The van der Waals surface area contributed by atoms with Gasteiger partial charge in [0.05, 0.1) is 37.6 Å². The number of fused-ring (bicyclic) bond motifs is 4. The van der Waals surface area contributed by atoms with Crippen LogP contribution in [0.1, 0.15) is 33.4 Å². The van der Waals surface area contributed by atoms with E-state index in [1.807, 2.05) is 65.5 Å². The number of nitrogens with zero attached hydrogens (tertiary/aromatic N) is 7. The predicted octanol–water partition coefficient (Wildman–Crippen LogP) is 16.0. The van der Waals surface area contributed by atoms with Gasteiger partial charge in [-0.3, -0.25) is 9.59 Å². The highest BCUT2D eigenvalue weighted by molar-refractivity contribution is 9.25. The van der Waals surface area contributed by atoms with E-state index in [1.54, 1.807) is 89.8 Å². The number of amides is 2. The van der Waals surface area contributed by atoms with Crippen LogP contribution in [0.25, 0.3) is 21.8 Å². The van der Waals surface area contributed by atoms with E-state index in [0.717, 1.165) is 38.1 Å². The van der Waals surface area contributed by atoms with Gasteiger partial charge in [-0.1, -0.05) is 103 Å². The van der Waals surface area contributed by atoms with Crippen LogP contribution in [0.3, 0.4) is 0 Å². The van der Waals surface area contributed by atoms with Gasteiger partial charge in [0.15, 0.2) is 3.23 Å². The summed E-state index contributed by atoms with van der Waals surface area (Å²) in [6.07, 6.45) is 9.74. The maximum atomic E-state index is 13.7. The quantitative estimate of drug-likeness (QED) is 0.0966. The van der Waals surface area contributed by atoms with Crippen LogP contribution in [0.15, 0.2) is 171 Å². The molecule has 392 valence electrons. The number of benzene rings is 4. The number of alkyl halides is 3. The number of nitrogens with one attached hydrogen (secondary N) is 1. The summed E-state index contributed by atoms with van der Waals surface area (Å²) in [5.74, 6) is -2.14. The van der Waals surface area contributed by atoms with E-state index in [9.17, 15) is 27.2 Å². The highest BCUT2D eigenvalue weighted by Crippen LogP contribution is 2.51. The predicted molar refractivity (Wildman–Crippen MR) is 304 cm³/mol. The van der Waals surface area contributed by atoms with Gasteiger partial charge in [-0.15, -0.1) is 11.6 Å². The monoisotopic (exact) mass is 1260 g/mol. The molecule has 0 aliphatic carbocycles. The molecular weight excluding hydrogens is 1230 g/mol. The molecule has 0 spiro atoms. The lowest BCUT2D eigenvalue weighted by atomic mass is 10.1. The van der Waals surface area contributed by atoms with E-state index in [2.05, 4.69) is 56.8 Å². The number of halogens is 11. The average molecular weight is 1270 g/mol. The topological polar surface area (TPSA) is 113 Å². The lowest BCUT2D eigenvalue weighted by Crippen LogP contribution is -2.32. The molecule has 0 saturated carbocycles. The maximum absolute atomic E-state index is 13.7. The second-order valence-corrected chi connectivity index (χ2v) is 22.3. The van der Waals surface area contributed by atoms with Gasteiger partial charge in [0.25, 0.3) is 5.91 Å². The molecule has 0 bridgehead atoms. The Kier molecular flexibility index (Phi) is 19.1. The van der Waals surface area contributed by atoms with E-state index in [1.165, 1.54) is 29.7 Å². The summed E-state index contributed by atoms with van der Waals surface area (Å²) in [7, 11) is 0. The molecule has 1 N–H and O–H groups in total. The van der Waals surface area contributed by atoms with Crippen molar-refractivity contribution in [1.29, 1.82) is 0 Å². The van der Waals surface area contributed by atoms with E-state index < -0.39 is 27.0 Å². The highest BCUT2D eigenvalue weighted by Gasteiger charge is 2.47. The summed E-state index contributed by atoms with van der Waals surface area (Å²) >= 11 is 35.7. The number of hydrogen-bond acceptors (Lipinski definition) is 6. The standard InChI is InChI=1S/C14H8Br2ClFN2O.C14H10ClFN2O.C14H10ClFN2.C8H6ClN.C6H5ClFN/c15-14(16)10-6-9(17)3-4-11(10)20(13(14)21)7-8-2-1-5-19-12(8)18;15-11-3-4-12-10(6-11)7-13(19)18(12)8-9-2-1-5-17-14(9)16;15-12-3-4-13-10(8-12)5-7-18(13)9-11-2-1-6-17-14(11)16;9-7-1-2-8-6(5-7)3-4-10-8;7-4-5-2-1-3-9-6(5)8/h1-6H,7H2;1-6H,7-8H2;1-8H,9H2;1-5,10H;1-3H,4H2. The molecule has 0 fully saturated rings. The van der Waals surface area contributed by atoms with Crippen molar-refractivity contribution < 1.29 is 27.2 Å². The van der Waals surface area contributed by atoms with Crippen molar-refractivity contribution in [3.63, 3.8) is 0 Å². The number of aromatic amines is 1. The molecule has 0 saturated heterocycles. The van der Waals surface area contributed by atoms with Crippen molar-refractivity contribution in [2.45, 2.75) is 35.2 Å². The molecule has 0 unspecified atom stereocenters. The molecule has 12 rings (SSSR count). The Bertz CT molecular complexity index is 3740. The fraction of sp³-hybridized carbons (Fsp3) is 0.107. The van der Waals surface area contributed by atoms with Crippen molar-refractivity contribution in [3.05, 3.63) is 248 Å². The summed E-state index contributed by atoms with van der Waals surface area (Å²) < 4.78 is 54.1. The van der Waals surface area contributed by atoms with Crippen molar-refractivity contribution in [2.24, 2.45) is 0 Å². The molecule has 10 aromatic rings. The van der Waals surface area contributed by atoms with Gasteiger partial charge in [0, 0.05) is 113 Å². The van der Waals surface area contributed by atoms with Crippen molar-refractivity contribution in [2.75, 3.05) is 9.80 Å². The van der Waals surface area contributed by atoms with Crippen LogP contribution < -0.4 is 9.80 Å². The zero-order chi connectivity index (χ0) is 54.8. The lowest BCUT2D eigenvalue weighted by Gasteiger charge is -2.18. The van der Waals surface area contributed by atoms with E-state index in [0.29, 0.717) is 61.5 Å². The second kappa shape index (κ2) is 25.9. The van der Waals surface area contributed by atoms with Gasteiger partial charge in [-0.05, 0) is 115 Å². The first-order chi connectivity index (χ1) is 37.0. The number of hydrogen-bond donors (Lipinski definition) is 1. The minimum absolute atomic E-state index is 0.0551. The number of aromatic nitrogens is 6. The fourth-order valence-electron chi connectivity index (χ4n) is 8.06. The second-order valence-electron chi connectivity index (χ2n) is 16.9. The van der Waals surface area contributed by atoms with Crippen molar-refractivity contribution >= 4 is 135 Å². The van der Waals surface area contributed by atoms with Crippen molar-refractivity contribution in [3.8, 4) is 0 Å². The van der Waals surface area contributed by atoms with Gasteiger partial charge < -0.3 is 19.4 Å². The lowest BCUT2D eigenvalue weighted by molar-refractivity contribution is -0.118. The Balaban J connectivity index is 0.000000131. The third-order valence-electron chi connectivity index (χ3n) is 11.8. The van der Waals surface area contributed by atoms with Gasteiger partial charge >= 0.3 is 0 Å². The minimum Gasteiger partial charge on any atom is -0.361 e. The van der Waals surface area contributed by atoms with Gasteiger partial charge in [-0.25, -0.2) is 19.9 Å². The van der Waals surface area contributed by atoms with Gasteiger partial charge in [0.1, 0.15) is 0 Å². The van der Waals surface area contributed by atoms with E-state index in [4.69, 9.17) is 58.0 Å².